The normalized spacial score (nSPS) is 25.0. The van der Waals surface area contributed by atoms with Gasteiger partial charge in [0.2, 0.25) is 21.8 Å². The predicted octanol–water partition coefficient (Wildman–Crippen LogP) is 2.76. The molecule has 3 aromatic carbocycles. The number of imide groups is 1. The quantitative estimate of drug-likeness (QED) is 0.330. The van der Waals surface area contributed by atoms with Crippen molar-refractivity contribution in [3.63, 3.8) is 0 Å². The van der Waals surface area contributed by atoms with E-state index in [1.54, 1.807) is 0 Å². The molecule has 2 unspecified atom stereocenters. The maximum Gasteiger partial charge on any atom is 0.338 e. The van der Waals surface area contributed by atoms with E-state index in [0.717, 1.165) is 22.3 Å². The van der Waals surface area contributed by atoms with Crippen LogP contribution >= 0.6 is 0 Å². The lowest BCUT2D eigenvalue weighted by Crippen LogP contribution is -2.41. The Kier molecular flexibility index (Phi) is 6.29. The van der Waals surface area contributed by atoms with Gasteiger partial charge in [-0.05, 0) is 46.5 Å². The van der Waals surface area contributed by atoms with Crippen LogP contribution in [0.5, 0.6) is 0 Å². The van der Waals surface area contributed by atoms with Crippen LogP contribution in [-0.2, 0) is 29.1 Å². The van der Waals surface area contributed by atoms with Gasteiger partial charge in [-0.1, -0.05) is 48.5 Å². The first-order chi connectivity index (χ1) is 19.9. The number of likely N-dealkylation sites (tertiary alicyclic amines) is 1. The fourth-order valence-electron chi connectivity index (χ4n) is 6.97. The molecule has 2 bridgehead atoms. The van der Waals surface area contributed by atoms with Crippen LogP contribution in [-0.4, -0.2) is 74.9 Å². The van der Waals surface area contributed by atoms with Gasteiger partial charge in [0.15, 0.2) is 0 Å². The molecule has 2 amide bonds. The Morgan fingerprint density at radius 2 is 1.27 bits per heavy atom. The summed E-state index contributed by atoms with van der Waals surface area (Å²) in [6.45, 7) is 1.05. The molecule has 2 fully saturated rings. The molecule has 0 aromatic heterocycles. The lowest BCUT2D eigenvalue weighted by Gasteiger charge is -2.45. The van der Waals surface area contributed by atoms with Crippen molar-refractivity contribution in [2.45, 2.75) is 16.7 Å². The van der Waals surface area contributed by atoms with E-state index < -0.39 is 27.8 Å². The number of esters is 1. The smallest absolute Gasteiger partial charge is 0.338 e. The number of nitrogens with zero attached hydrogens (tertiary/aromatic N) is 2. The second-order valence-corrected chi connectivity index (χ2v) is 12.7. The molecule has 2 aliphatic heterocycles. The molecule has 2 heterocycles. The summed E-state index contributed by atoms with van der Waals surface area (Å²) in [5.74, 6) is -2.44. The van der Waals surface area contributed by atoms with Gasteiger partial charge in [0.05, 0.1) is 42.1 Å². The van der Waals surface area contributed by atoms with Crippen LogP contribution in [0, 0.1) is 11.8 Å². The molecule has 2 atom stereocenters. The number of rotatable bonds is 6. The lowest BCUT2D eigenvalue weighted by molar-refractivity contribution is -0.140. The molecule has 5 aliphatic rings. The SMILES string of the molecule is O=C(OCCN1C(=O)C2C3c4ccccc4C(c4ccccc43)C2C1=O)c1ccc(S(=O)(=O)N2CCOCC2)cc1. The summed E-state index contributed by atoms with van der Waals surface area (Å²) in [4.78, 5) is 41.4. The summed E-state index contributed by atoms with van der Waals surface area (Å²) in [5.41, 5.74) is 4.59. The fourth-order valence-corrected chi connectivity index (χ4v) is 8.38. The van der Waals surface area contributed by atoms with Gasteiger partial charge in [0.25, 0.3) is 0 Å². The fraction of sp³-hybridized carbons (Fsp3) is 0.323. The monoisotopic (exact) mass is 572 g/mol. The summed E-state index contributed by atoms with van der Waals surface area (Å²) in [6.07, 6.45) is 0. The number of hydrogen-bond donors (Lipinski definition) is 0. The van der Waals surface area contributed by atoms with Crippen molar-refractivity contribution >= 4 is 27.8 Å². The van der Waals surface area contributed by atoms with Crippen molar-refractivity contribution in [1.29, 1.82) is 0 Å². The highest BCUT2D eigenvalue weighted by molar-refractivity contribution is 7.89. The van der Waals surface area contributed by atoms with E-state index in [9.17, 15) is 22.8 Å². The van der Waals surface area contributed by atoms with Crippen molar-refractivity contribution in [2.24, 2.45) is 11.8 Å². The number of sulfonamides is 1. The Morgan fingerprint density at radius 1 is 0.780 bits per heavy atom. The minimum Gasteiger partial charge on any atom is -0.460 e. The number of amides is 2. The number of ether oxygens (including phenoxy) is 2. The molecule has 0 N–H and O–H groups in total. The van der Waals surface area contributed by atoms with Gasteiger partial charge >= 0.3 is 5.97 Å². The molecule has 8 rings (SSSR count). The lowest BCUT2D eigenvalue weighted by atomic mass is 9.55. The van der Waals surface area contributed by atoms with Gasteiger partial charge < -0.3 is 9.47 Å². The summed E-state index contributed by atoms with van der Waals surface area (Å²) in [7, 11) is -3.68. The number of carbonyl (C=O) groups excluding carboxylic acids is 3. The molecular weight excluding hydrogens is 544 g/mol. The number of hydrogen-bond acceptors (Lipinski definition) is 7. The Morgan fingerprint density at radius 3 is 1.76 bits per heavy atom. The van der Waals surface area contributed by atoms with Crippen molar-refractivity contribution in [2.75, 3.05) is 39.5 Å². The maximum absolute atomic E-state index is 13.7. The zero-order valence-electron chi connectivity index (χ0n) is 22.1. The molecule has 0 spiro atoms. The third-order valence-electron chi connectivity index (χ3n) is 8.79. The van der Waals surface area contributed by atoms with Gasteiger partial charge in [-0.25, -0.2) is 13.2 Å². The van der Waals surface area contributed by atoms with Crippen LogP contribution < -0.4 is 0 Å². The number of benzene rings is 3. The molecule has 41 heavy (non-hydrogen) atoms. The maximum atomic E-state index is 13.7. The highest BCUT2D eigenvalue weighted by Crippen LogP contribution is 2.60. The number of morpholine rings is 1. The summed E-state index contributed by atoms with van der Waals surface area (Å²) >= 11 is 0. The standard InChI is InChI=1S/C31H28N2O7S/c34-29-27-25-21-5-1-2-6-22(21)26(24-8-4-3-7-23(24)25)28(27)30(35)33(29)15-18-40-31(36)19-9-11-20(12-10-19)41(37,38)32-13-16-39-17-14-32/h1-12,25-28H,13-18H2. The van der Waals surface area contributed by atoms with Crippen LogP contribution in [0.1, 0.15) is 44.4 Å². The van der Waals surface area contributed by atoms with Gasteiger partial charge in [-0.15, -0.1) is 0 Å². The van der Waals surface area contributed by atoms with Crippen LogP contribution in [0.15, 0.2) is 77.7 Å². The minimum absolute atomic E-state index is 0.0357. The topological polar surface area (TPSA) is 110 Å². The van der Waals surface area contributed by atoms with Crippen molar-refractivity contribution in [3.8, 4) is 0 Å². The van der Waals surface area contributed by atoms with E-state index in [2.05, 4.69) is 24.3 Å². The van der Waals surface area contributed by atoms with Gasteiger partial charge in [0.1, 0.15) is 6.61 Å². The van der Waals surface area contributed by atoms with E-state index in [4.69, 9.17) is 9.47 Å². The zero-order valence-corrected chi connectivity index (χ0v) is 23.0. The molecule has 0 saturated carbocycles. The second kappa shape index (κ2) is 9.90. The average Bonchev–Trinajstić information content (AvgIpc) is 3.27. The Bertz CT molecular complexity index is 1550. The highest BCUT2D eigenvalue weighted by Gasteiger charge is 2.61. The first kappa shape index (κ1) is 26.1. The molecule has 0 radical (unpaired) electrons. The number of carbonyl (C=O) groups is 3. The highest BCUT2D eigenvalue weighted by atomic mass is 32.2. The molecule has 10 heteroatoms. The zero-order chi connectivity index (χ0) is 28.3. The van der Waals surface area contributed by atoms with Gasteiger partial charge in [-0.3, -0.25) is 14.5 Å². The second-order valence-electron chi connectivity index (χ2n) is 10.8. The minimum atomic E-state index is -3.68. The summed E-state index contributed by atoms with van der Waals surface area (Å²) in [5, 5.41) is 0. The van der Waals surface area contributed by atoms with E-state index >= 15 is 0 Å². The predicted molar refractivity (Wildman–Crippen MR) is 147 cm³/mol. The average molecular weight is 573 g/mol. The van der Waals surface area contributed by atoms with E-state index in [1.807, 2.05) is 24.3 Å². The van der Waals surface area contributed by atoms with Gasteiger partial charge in [-0.2, -0.15) is 4.31 Å². The van der Waals surface area contributed by atoms with E-state index in [0.29, 0.717) is 13.2 Å². The molecule has 3 aliphatic carbocycles. The summed E-state index contributed by atoms with van der Waals surface area (Å²) < 4.78 is 37.7. The molecule has 3 aromatic rings. The Hall–Kier alpha value is -3.86. The van der Waals surface area contributed by atoms with Crippen molar-refractivity contribution in [1.82, 2.24) is 9.21 Å². The van der Waals surface area contributed by atoms with E-state index in [-0.39, 0.29) is 60.4 Å². The first-order valence-corrected chi connectivity index (χ1v) is 15.2. The molecule has 210 valence electrons. The Balaban J connectivity index is 1.04. The molecule has 9 nitrogen and oxygen atoms in total. The van der Waals surface area contributed by atoms with Crippen LogP contribution in [0.4, 0.5) is 0 Å². The third kappa shape index (κ3) is 4.04. The van der Waals surface area contributed by atoms with Crippen molar-refractivity contribution < 1.29 is 32.3 Å². The van der Waals surface area contributed by atoms with Gasteiger partial charge in [0, 0.05) is 24.9 Å². The van der Waals surface area contributed by atoms with Crippen molar-refractivity contribution in [3.05, 3.63) is 101 Å². The first-order valence-electron chi connectivity index (χ1n) is 13.8. The van der Waals surface area contributed by atoms with Crippen LogP contribution in [0.3, 0.4) is 0 Å². The molecular formula is C31H28N2O7S. The van der Waals surface area contributed by atoms with Crippen LogP contribution in [0.2, 0.25) is 0 Å². The van der Waals surface area contributed by atoms with E-state index in [1.165, 1.54) is 33.5 Å². The van der Waals surface area contributed by atoms with Crippen LogP contribution in [0.25, 0.3) is 0 Å². The summed E-state index contributed by atoms with van der Waals surface area (Å²) in [6, 6.07) is 21.7. The molecule has 2 saturated heterocycles. The Labute approximate surface area is 237 Å². The third-order valence-corrected chi connectivity index (χ3v) is 10.7. The largest absolute Gasteiger partial charge is 0.460 e.